The quantitative estimate of drug-likeness (QED) is 0.627. The monoisotopic (exact) mass is 207 g/mol. The Hall–Kier alpha value is -0.910. The molecule has 0 aliphatic carbocycles. The molecule has 0 heterocycles. The third kappa shape index (κ3) is 4.62. The van der Waals surface area contributed by atoms with Gasteiger partial charge < -0.3 is 10.4 Å². The Balaban J connectivity index is 4.09. The number of nitrogens with one attached hydrogen (secondary N) is 1. The number of hydrogen-bond donors (Lipinski definition) is 2. The van der Waals surface area contributed by atoms with Crippen molar-refractivity contribution in [1.82, 2.24) is 5.32 Å². The van der Waals surface area contributed by atoms with Crippen molar-refractivity contribution in [3.05, 3.63) is 0 Å². The highest BCUT2D eigenvalue weighted by Crippen LogP contribution is 1.96. The lowest BCUT2D eigenvalue weighted by atomic mass is 10.4. The molecule has 0 rings (SSSR count). The zero-order valence-electron chi connectivity index (χ0n) is 7.57. The molecule has 1 amide bonds. The van der Waals surface area contributed by atoms with Crippen molar-refractivity contribution in [1.29, 1.82) is 0 Å². The van der Waals surface area contributed by atoms with Gasteiger partial charge in [0, 0.05) is 17.3 Å². The van der Waals surface area contributed by atoms with Crippen molar-refractivity contribution in [3.63, 3.8) is 0 Å². The molecule has 5 nitrogen and oxygen atoms in total. The fraction of sp³-hybridized carbons (Fsp3) is 0.714. The minimum absolute atomic E-state index is 0.373. The van der Waals surface area contributed by atoms with Crippen LogP contribution in [0.4, 0.5) is 0 Å². The van der Waals surface area contributed by atoms with Crippen LogP contribution >= 0.6 is 0 Å². The highest BCUT2D eigenvalue weighted by atomic mass is 32.2. The van der Waals surface area contributed by atoms with Crippen molar-refractivity contribution in [3.8, 4) is 0 Å². The molecule has 0 bridgehead atoms. The number of rotatable bonds is 5. The molecule has 0 aliphatic rings. The second kappa shape index (κ2) is 5.69. The number of aliphatic carboxylic acids is 1. The van der Waals surface area contributed by atoms with E-state index in [0.29, 0.717) is 6.54 Å². The third-order valence-electron chi connectivity index (χ3n) is 1.38. The van der Waals surface area contributed by atoms with Crippen molar-refractivity contribution < 1.29 is 18.9 Å². The molecule has 0 radical (unpaired) electrons. The molecule has 2 N–H and O–H groups in total. The second-order valence-corrected chi connectivity index (χ2v) is 4.21. The van der Waals surface area contributed by atoms with Gasteiger partial charge in [-0.15, -0.1) is 0 Å². The van der Waals surface area contributed by atoms with Gasteiger partial charge in [0.05, 0.1) is 0 Å². The van der Waals surface area contributed by atoms with Crippen LogP contribution in [0.1, 0.15) is 13.8 Å². The molecule has 0 aromatic carbocycles. The van der Waals surface area contributed by atoms with Crippen LogP contribution in [0.2, 0.25) is 0 Å². The largest absolute Gasteiger partial charge is 0.481 e. The lowest BCUT2D eigenvalue weighted by Gasteiger charge is -2.08. The average molecular weight is 207 g/mol. The summed E-state index contributed by atoms with van der Waals surface area (Å²) in [6.07, 6.45) is 0. The minimum Gasteiger partial charge on any atom is -0.481 e. The topological polar surface area (TPSA) is 83.5 Å². The molecule has 0 saturated heterocycles. The van der Waals surface area contributed by atoms with Crippen LogP contribution in [-0.4, -0.2) is 38.7 Å². The molecule has 13 heavy (non-hydrogen) atoms. The zero-order valence-corrected chi connectivity index (χ0v) is 8.39. The van der Waals surface area contributed by atoms with E-state index < -0.39 is 27.8 Å². The maximum Gasteiger partial charge on any atom is 0.316 e. The normalized spacial score (nSPS) is 14.6. The molecular weight excluding hydrogens is 194 g/mol. The summed E-state index contributed by atoms with van der Waals surface area (Å²) in [5.74, 6) is -2.02. The fourth-order valence-electron chi connectivity index (χ4n) is 0.684. The summed E-state index contributed by atoms with van der Waals surface area (Å²) in [6.45, 7) is 3.64. The van der Waals surface area contributed by atoms with E-state index >= 15 is 0 Å². The minimum atomic E-state index is -1.64. The molecule has 0 fully saturated rings. The third-order valence-corrected chi connectivity index (χ3v) is 2.91. The van der Waals surface area contributed by atoms with E-state index in [1.807, 2.05) is 0 Å². The van der Waals surface area contributed by atoms with E-state index in [-0.39, 0.29) is 5.91 Å². The molecule has 2 unspecified atom stereocenters. The lowest BCUT2D eigenvalue weighted by molar-refractivity contribution is -0.133. The maximum atomic E-state index is 11.1. The van der Waals surface area contributed by atoms with Gasteiger partial charge in [-0.05, 0) is 13.8 Å². The second-order valence-electron chi connectivity index (χ2n) is 2.46. The number of carbonyl (C=O) groups is 2. The van der Waals surface area contributed by atoms with Crippen molar-refractivity contribution >= 4 is 22.7 Å². The Morgan fingerprint density at radius 3 is 2.46 bits per heavy atom. The Morgan fingerprint density at radius 1 is 1.54 bits per heavy atom. The Morgan fingerprint density at radius 2 is 2.08 bits per heavy atom. The lowest BCUT2D eigenvalue weighted by Crippen LogP contribution is -2.36. The molecule has 0 saturated carbocycles. The summed E-state index contributed by atoms with van der Waals surface area (Å²) < 4.78 is 11.1. The smallest absolute Gasteiger partial charge is 0.316 e. The van der Waals surface area contributed by atoms with E-state index in [4.69, 9.17) is 5.11 Å². The zero-order chi connectivity index (χ0) is 10.4. The number of hydrogen-bond acceptors (Lipinski definition) is 3. The number of carboxylic acids is 1. The van der Waals surface area contributed by atoms with E-state index in [0.717, 1.165) is 0 Å². The maximum absolute atomic E-state index is 11.1. The number of carbonyl (C=O) groups excluding carboxylic acids is 1. The van der Waals surface area contributed by atoms with Gasteiger partial charge in [0.1, 0.15) is 11.0 Å². The Labute approximate surface area is 79.0 Å². The summed E-state index contributed by atoms with van der Waals surface area (Å²) in [5.41, 5.74) is 0. The first-order valence-corrected chi connectivity index (χ1v) is 5.24. The van der Waals surface area contributed by atoms with E-state index in [2.05, 4.69) is 5.32 Å². The summed E-state index contributed by atoms with van der Waals surface area (Å²) in [7, 11) is -1.64. The summed E-state index contributed by atoms with van der Waals surface area (Å²) in [4.78, 5) is 21.2. The van der Waals surface area contributed by atoms with Gasteiger partial charge >= 0.3 is 5.97 Å². The van der Waals surface area contributed by atoms with Crippen LogP contribution in [0.25, 0.3) is 0 Å². The first-order chi connectivity index (χ1) is 5.99. The highest BCUT2D eigenvalue weighted by Gasteiger charge is 2.20. The molecule has 76 valence electrons. The fourth-order valence-corrected chi connectivity index (χ4v) is 1.50. The molecule has 0 aromatic heterocycles. The summed E-state index contributed by atoms with van der Waals surface area (Å²) in [6, 6.07) is 0. The first kappa shape index (κ1) is 12.1. The molecule has 6 heteroatoms. The first-order valence-electron chi connectivity index (χ1n) is 3.85. The van der Waals surface area contributed by atoms with Gasteiger partial charge in [-0.2, -0.15) is 0 Å². The predicted octanol–water partition coefficient (Wildman–Crippen LogP) is -0.656. The van der Waals surface area contributed by atoms with Crippen LogP contribution < -0.4 is 5.32 Å². The van der Waals surface area contributed by atoms with E-state index in [1.165, 1.54) is 6.92 Å². The van der Waals surface area contributed by atoms with Gasteiger partial charge in [0.25, 0.3) is 0 Å². The molecule has 0 aliphatic heterocycles. The van der Waals surface area contributed by atoms with Crippen LogP contribution in [0.15, 0.2) is 0 Å². The van der Waals surface area contributed by atoms with Crippen LogP contribution in [0.3, 0.4) is 0 Å². The van der Waals surface area contributed by atoms with Crippen LogP contribution in [0.5, 0.6) is 0 Å². The van der Waals surface area contributed by atoms with Gasteiger partial charge in [0.2, 0.25) is 5.91 Å². The van der Waals surface area contributed by atoms with Gasteiger partial charge in [0.15, 0.2) is 0 Å². The van der Waals surface area contributed by atoms with Crippen LogP contribution in [-0.2, 0) is 20.4 Å². The van der Waals surface area contributed by atoms with Gasteiger partial charge in [-0.25, -0.2) is 0 Å². The SMILES string of the molecule is CCNC(=O)C(C)S(=O)CC(=O)O. The molecule has 0 spiro atoms. The van der Waals surface area contributed by atoms with Crippen molar-refractivity contribution in [2.45, 2.75) is 19.1 Å². The number of carboxylic acid groups (broad SMARTS) is 1. The standard InChI is InChI=1S/C7H13NO4S/c1-3-8-7(11)5(2)13(12)4-6(9)10/h5H,3-4H2,1-2H3,(H,8,11)(H,9,10). The van der Waals surface area contributed by atoms with Crippen molar-refractivity contribution in [2.24, 2.45) is 0 Å². The van der Waals surface area contributed by atoms with Gasteiger partial charge in [-0.1, -0.05) is 0 Å². The Bertz CT molecular complexity index is 229. The van der Waals surface area contributed by atoms with E-state index in [9.17, 15) is 13.8 Å². The average Bonchev–Trinajstić information content (AvgIpc) is 2.02. The van der Waals surface area contributed by atoms with Crippen molar-refractivity contribution in [2.75, 3.05) is 12.3 Å². The Kier molecular flexibility index (Phi) is 5.29. The highest BCUT2D eigenvalue weighted by molar-refractivity contribution is 7.87. The number of amides is 1. The predicted molar refractivity (Wildman–Crippen MR) is 48.8 cm³/mol. The van der Waals surface area contributed by atoms with E-state index in [1.54, 1.807) is 6.92 Å². The molecule has 0 aromatic rings. The molecular formula is C7H13NO4S. The summed E-state index contributed by atoms with van der Waals surface area (Å²) >= 11 is 0. The molecule has 2 atom stereocenters. The van der Waals surface area contributed by atoms with Gasteiger partial charge in [-0.3, -0.25) is 13.8 Å². The summed E-state index contributed by atoms with van der Waals surface area (Å²) in [5, 5.41) is 10.0. The van der Waals surface area contributed by atoms with Crippen LogP contribution in [0, 0.1) is 0 Å².